The normalized spacial score (nSPS) is 13.2. The summed E-state index contributed by atoms with van der Waals surface area (Å²) in [6.45, 7) is 2.37. The second kappa shape index (κ2) is 7.36. The summed E-state index contributed by atoms with van der Waals surface area (Å²) in [5, 5.41) is 11.8. The quantitative estimate of drug-likeness (QED) is 0.689. The van der Waals surface area contributed by atoms with E-state index in [9.17, 15) is 14.4 Å². The van der Waals surface area contributed by atoms with Gasteiger partial charge in [0.15, 0.2) is 5.65 Å². The summed E-state index contributed by atoms with van der Waals surface area (Å²) in [5.74, 6) is -0.153. The largest absolute Gasteiger partial charge is 0.348 e. The van der Waals surface area contributed by atoms with Crippen molar-refractivity contribution in [3.8, 4) is 6.07 Å². The van der Waals surface area contributed by atoms with Gasteiger partial charge in [0, 0.05) is 24.7 Å². The lowest BCUT2D eigenvalue weighted by atomic mass is 10.1. The highest BCUT2D eigenvalue weighted by atomic mass is 16.2. The summed E-state index contributed by atoms with van der Waals surface area (Å²) in [7, 11) is 0. The number of nitrogens with zero attached hydrogens (tertiary/aromatic N) is 3. The summed E-state index contributed by atoms with van der Waals surface area (Å²) in [5.41, 5.74) is 1.41. The number of aromatic amines is 1. The molecule has 1 amide bonds. The van der Waals surface area contributed by atoms with Gasteiger partial charge in [0.1, 0.15) is 0 Å². The molecule has 29 heavy (non-hydrogen) atoms. The number of benzene rings is 1. The Morgan fingerprint density at radius 1 is 1.31 bits per heavy atom. The molecule has 8 nitrogen and oxygen atoms in total. The third-order valence-corrected chi connectivity index (χ3v) is 5.06. The molecule has 1 fully saturated rings. The first-order valence-corrected chi connectivity index (χ1v) is 9.46. The van der Waals surface area contributed by atoms with Crippen molar-refractivity contribution in [3.63, 3.8) is 0 Å². The highest BCUT2D eigenvalue weighted by molar-refractivity contribution is 6.05. The van der Waals surface area contributed by atoms with E-state index in [0.29, 0.717) is 12.1 Å². The van der Waals surface area contributed by atoms with Gasteiger partial charge in [-0.15, -0.1) is 0 Å². The average molecular weight is 389 g/mol. The van der Waals surface area contributed by atoms with Crippen molar-refractivity contribution in [3.05, 3.63) is 73.6 Å². The first-order valence-electron chi connectivity index (χ1n) is 9.46. The van der Waals surface area contributed by atoms with Gasteiger partial charge in [0.25, 0.3) is 11.5 Å². The standard InChI is InChI=1S/C21H19N5O3/c1-2-26-18-17(20(28)25-21(26)29)15(9-16(24-18)14-7-8-14)19(27)23-11-13-5-3-12(10-22)4-6-13/h3-6,9,14H,2,7-8,11H2,1H3,(H,23,27)(H,25,28,29). The van der Waals surface area contributed by atoms with E-state index in [-0.39, 0.29) is 29.1 Å². The summed E-state index contributed by atoms with van der Waals surface area (Å²) >= 11 is 0. The Labute approximate surface area is 165 Å². The lowest BCUT2D eigenvalue weighted by Crippen LogP contribution is -2.33. The fourth-order valence-electron chi connectivity index (χ4n) is 3.33. The SMILES string of the molecule is CCn1c(=O)[nH]c(=O)c2c(C(=O)NCc3ccc(C#N)cc3)cc(C3CC3)nc21. The van der Waals surface area contributed by atoms with Crippen LogP contribution in [0.25, 0.3) is 11.0 Å². The summed E-state index contributed by atoms with van der Waals surface area (Å²) in [6.07, 6.45) is 1.95. The number of carbonyl (C=O) groups excluding carboxylic acids is 1. The molecule has 1 aromatic carbocycles. The Bertz CT molecular complexity index is 1260. The number of pyridine rings is 1. The minimum Gasteiger partial charge on any atom is -0.348 e. The fraction of sp³-hybridized carbons (Fsp3) is 0.286. The van der Waals surface area contributed by atoms with Crippen molar-refractivity contribution in [1.82, 2.24) is 19.9 Å². The van der Waals surface area contributed by atoms with Crippen LogP contribution < -0.4 is 16.6 Å². The lowest BCUT2D eigenvalue weighted by Gasteiger charge is -2.12. The van der Waals surface area contributed by atoms with E-state index in [0.717, 1.165) is 24.1 Å². The second-order valence-corrected chi connectivity index (χ2v) is 7.06. The van der Waals surface area contributed by atoms with Gasteiger partial charge in [-0.3, -0.25) is 19.1 Å². The zero-order chi connectivity index (χ0) is 20.5. The van der Waals surface area contributed by atoms with E-state index < -0.39 is 17.2 Å². The van der Waals surface area contributed by atoms with Crippen LogP contribution in [0.3, 0.4) is 0 Å². The average Bonchev–Trinajstić information content (AvgIpc) is 3.57. The molecule has 4 rings (SSSR count). The number of nitrogens with one attached hydrogen (secondary N) is 2. The molecule has 8 heteroatoms. The van der Waals surface area contributed by atoms with E-state index in [1.165, 1.54) is 4.57 Å². The van der Waals surface area contributed by atoms with Gasteiger partial charge >= 0.3 is 5.69 Å². The van der Waals surface area contributed by atoms with Crippen LogP contribution in [0.5, 0.6) is 0 Å². The molecule has 2 N–H and O–H groups in total. The number of H-pyrrole nitrogens is 1. The molecular formula is C21H19N5O3. The third kappa shape index (κ3) is 3.55. The molecule has 0 unspecified atom stereocenters. The molecule has 1 aliphatic carbocycles. The maximum Gasteiger partial charge on any atom is 0.329 e. The summed E-state index contributed by atoms with van der Waals surface area (Å²) in [6, 6.07) is 10.6. The van der Waals surface area contributed by atoms with E-state index >= 15 is 0 Å². The van der Waals surface area contributed by atoms with E-state index in [4.69, 9.17) is 5.26 Å². The fourth-order valence-corrected chi connectivity index (χ4v) is 3.33. The highest BCUT2D eigenvalue weighted by Gasteiger charge is 2.28. The predicted molar refractivity (Wildman–Crippen MR) is 107 cm³/mol. The number of rotatable bonds is 5. The monoisotopic (exact) mass is 389 g/mol. The minimum absolute atomic E-state index is 0.119. The Hall–Kier alpha value is -3.73. The number of hydrogen-bond donors (Lipinski definition) is 2. The minimum atomic E-state index is -0.618. The second-order valence-electron chi connectivity index (χ2n) is 7.06. The molecule has 0 radical (unpaired) electrons. The van der Waals surface area contributed by atoms with E-state index in [1.54, 1.807) is 37.3 Å². The maximum absolute atomic E-state index is 13.0. The number of hydrogen-bond acceptors (Lipinski definition) is 5. The van der Waals surface area contributed by atoms with Crippen LogP contribution in [0.4, 0.5) is 0 Å². The molecule has 3 aromatic rings. The molecule has 0 saturated heterocycles. The molecule has 0 bridgehead atoms. The summed E-state index contributed by atoms with van der Waals surface area (Å²) in [4.78, 5) is 44.5. The zero-order valence-electron chi connectivity index (χ0n) is 15.9. The van der Waals surface area contributed by atoms with Crippen molar-refractivity contribution < 1.29 is 4.79 Å². The molecule has 2 aromatic heterocycles. The van der Waals surface area contributed by atoms with Crippen molar-refractivity contribution in [2.24, 2.45) is 0 Å². The number of aryl methyl sites for hydroxylation is 1. The molecule has 1 saturated carbocycles. The van der Waals surface area contributed by atoms with Gasteiger partial charge in [-0.25, -0.2) is 9.78 Å². The van der Waals surface area contributed by atoms with Gasteiger partial charge in [-0.05, 0) is 43.5 Å². The van der Waals surface area contributed by atoms with Crippen LogP contribution in [-0.2, 0) is 13.1 Å². The number of fused-ring (bicyclic) bond motifs is 1. The first-order chi connectivity index (χ1) is 14.0. The van der Waals surface area contributed by atoms with Gasteiger partial charge in [-0.1, -0.05) is 12.1 Å². The van der Waals surface area contributed by atoms with E-state index in [2.05, 4.69) is 15.3 Å². The molecular weight excluding hydrogens is 370 g/mol. The van der Waals surface area contributed by atoms with Crippen molar-refractivity contribution >= 4 is 16.9 Å². The Morgan fingerprint density at radius 3 is 2.66 bits per heavy atom. The smallest absolute Gasteiger partial charge is 0.329 e. The molecule has 0 spiro atoms. The number of carbonyl (C=O) groups is 1. The Balaban J connectivity index is 1.75. The summed E-state index contributed by atoms with van der Waals surface area (Å²) < 4.78 is 1.38. The molecule has 0 aliphatic heterocycles. The van der Waals surface area contributed by atoms with Crippen molar-refractivity contribution in [2.45, 2.75) is 38.8 Å². The highest BCUT2D eigenvalue weighted by Crippen LogP contribution is 2.39. The van der Waals surface area contributed by atoms with Crippen molar-refractivity contribution in [1.29, 1.82) is 5.26 Å². The number of amides is 1. The van der Waals surface area contributed by atoms with Crippen LogP contribution in [0, 0.1) is 11.3 Å². The maximum atomic E-state index is 13.0. The number of nitriles is 1. The van der Waals surface area contributed by atoms with Gasteiger partial charge in [-0.2, -0.15) is 5.26 Å². The van der Waals surface area contributed by atoms with Gasteiger partial charge < -0.3 is 5.32 Å². The third-order valence-electron chi connectivity index (χ3n) is 5.06. The lowest BCUT2D eigenvalue weighted by molar-refractivity contribution is 0.0952. The molecule has 1 aliphatic rings. The molecule has 146 valence electrons. The van der Waals surface area contributed by atoms with Crippen LogP contribution in [0.15, 0.2) is 39.9 Å². The van der Waals surface area contributed by atoms with Crippen LogP contribution >= 0.6 is 0 Å². The Kier molecular flexibility index (Phi) is 4.72. The Morgan fingerprint density at radius 2 is 2.03 bits per heavy atom. The van der Waals surface area contributed by atoms with Crippen molar-refractivity contribution in [2.75, 3.05) is 0 Å². The molecule has 0 atom stereocenters. The van der Waals surface area contributed by atoms with Crippen LogP contribution in [-0.4, -0.2) is 20.4 Å². The van der Waals surface area contributed by atoms with Crippen LogP contribution in [0.1, 0.15) is 52.9 Å². The number of aromatic nitrogens is 3. The first kappa shape index (κ1) is 18.6. The van der Waals surface area contributed by atoms with E-state index in [1.807, 2.05) is 6.07 Å². The van der Waals surface area contributed by atoms with Gasteiger partial charge in [0.05, 0.1) is 22.6 Å². The van der Waals surface area contributed by atoms with Crippen LogP contribution in [0.2, 0.25) is 0 Å². The topological polar surface area (TPSA) is 121 Å². The molecule has 2 heterocycles. The van der Waals surface area contributed by atoms with Gasteiger partial charge in [0.2, 0.25) is 0 Å². The predicted octanol–water partition coefficient (Wildman–Crippen LogP) is 1.78. The zero-order valence-corrected chi connectivity index (χ0v) is 15.9.